The molecule has 1 saturated heterocycles. The van der Waals surface area contributed by atoms with E-state index in [2.05, 4.69) is 20.8 Å². The van der Waals surface area contributed by atoms with Crippen molar-refractivity contribution in [3.63, 3.8) is 0 Å². The Morgan fingerprint density at radius 3 is 3.19 bits per heavy atom. The number of carbonyl (C=O) groups excluding carboxylic acids is 1. The van der Waals surface area contributed by atoms with Crippen LogP contribution in [0.25, 0.3) is 0 Å². The van der Waals surface area contributed by atoms with E-state index < -0.39 is 0 Å². The molecule has 1 aromatic rings. The second-order valence-corrected chi connectivity index (χ2v) is 3.42. The molecule has 2 rings (SSSR count). The Morgan fingerprint density at radius 2 is 2.50 bits per heavy atom. The van der Waals surface area contributed by atoms with Crippen LogP contribution < -0.4 is 10.6 Å². The summed E-state index contributed by atoms with van der Waals surface area (Å²) in [4.78, 5) is 15.1. The predicted molar refractivity (Wildman–Crippen MR) is 53.4 cm³/mol. The highest BCUT2D eigenvalue weighted by atomic mass is 16.5. The highest BCUT2D eigenvalue weighted by molar-refractivity contribution is 5.78. The van der Waals surface area contributed by atoms with Crippen LogP contribution in [0.5, 0.6) is 0 Å². The van der Waals surface area contributed by atoms with Gasteiger partial charge in [-0.2, -0.15) is 4.98 Å². The van der Waals surface area contributed by atoms with E-state index in [1.165, 1.54) is 0 Å². The number of hydrogen-bond acceptors (Lipinski definition) is 6. The van der Waals surface area contributed by atoms with Crippen molar-refractivity contribution in [3.8, 4) is 0 Å². The third kappa shape index (κ3) is 2.56. The van der Waals surface area contributed by atoms with E-state index in [1.807, 2.05) is 6.92 Å². The van der Waals surface area contributed by atoms with Gasteiger partial charge in [0.25, 0.3) is 0 Å². The Balaban J connectivity index is 1.93. The van der Waals surface area contributed by atoms with Gasteiger partial charge in [0.1, 0.15) is 12.6 Å². The van der Waals surface area contributed by atoms with Gasteiger partial charge in [0.2, 0.25) is 11.8 Å². The monoisotopic (exact) mass is 226 g/mol. The molecular formula is C9H14N4O3. The molecule has 0 aliphatic carbocycles. The van der Waals surface area contributed by atoms with Crippen molar-refractivity contribution >= 4 is 5.91 Å². The summed E-state index contributed by atoms with van der Waals surface area (Å²) >= 11 is 0. The first-order chi connectivity index (χ1) is 7.79. The van der Waals surface area contributed by atoms with E-state index in [4.69, 9.17) is 9.26 Å². The molecule has 2 N–H and O–H groups in total. The predicted octanol–water partition coefficient (Wildman–Crippen LogP) is -0.633. The number of nitrogens with one attached hydrogen (secondary N) is 2. The molecule has 1 atom stereocenters. The lowest BCUT2D eigenvalue weighted by Crippen LogP contribution is -2.47. The second-order valence-electron chi connectivity index (χ2n) is 3.42. The molecule has 7 heteroatoms. The first kappa shape index (κ1) is 11.0. The first-order valence-electron chi connectivity index (χ1n) is 5.20. The van der Waals surface area contributed by atoms with Gasteiger partial charge in [0, 0.05) is 13.2 Å². The average Bonchev–Trinajstić information content (AvgIpc) is 2.76. The molecule has 1 fully saturated rings. The van der Waals surface area contributed by atoms with Crippen LogP contribution in [0.3, 0.4) is 0 Å². The Kier molecular flexibility index (Phi) is 3.47. The maximum Gasteiger partial charge on any atom is 0.245 e. The van der Waals surface area contributed by atoms with Crippen molar-refractivity contribution < 1.29 is 14.1 Å². The van der Waals surface area contributed by atoms with Crippen molar-refractivity contribution in [2.75, 3.05) is 19.7 Å². The smallest absolute Gasteiger partial charge is 0.245 e. The number of nitrogens with zero attached hydrogens (tertiary/aromatic N) is 2. The summed E-state index contributed by atoms with van der Waals surface area (Å²) in [6, 6.07) is -0.111. The van der Waals surface area contributed by atoms with Crippen molar-refractivity contribution in [2.45, 2.75) is 19.6 Å². The Labute approximate surface area is 92.5 Å². The second kappa shape index (κ2) is 5.04. The molecule has 0 radical (unpaired) electrons. The maximum atomic E-state index is 10.9. The molecule has 1 amide bonds. The van der Waals surface area contributed by atoms with Gasteiger partial charge in [-0.25, -0.2) is 0 Å². The van der Waals surface area contributed by atoms with Crippen molar-refractivity contribution in [2.24, 2.45) is 0 Å². The maximum absolute atomic E-state index is 10.9. The molecule has 1 aliphatic rings. The molecule has 88 valence electrons. The minimum Gasteiger partial charge on any atom is -0.374 e. The number of amides is 1. The number of aromatic nitrogens is 2. The first-order valence-corrected chi connectivity index (χ1v) is 5.20. The van der Waals surface area contributed by atoms with E-state index in [-0.39, 0.29) is 18.5 Å². The SMILES string of the molecule is CCOCc1noc(C2CNC(=O)CN2)n1. The van der Waals surface area contributed by atoms with E-state index in [0.717, 1.165) is 0 Å². The highest BCUT2D eigenvalue weighted by Gasteiger charge is 2.23. The molecule has 1 aliphatic heterocycles. The van der Waals surface area contributed by atoms with Crippen molar-refractivity contribution in [1.82, 2.24) is 20.8 Å². The molecule has 16 heavy (non-hydrogen) atoms. The van der Waals surface area contributed by atoms with E-state index in [1.54, 1.807) is 0 Å². The third-order valence-electron chi connectivity index (χ3n) is 2.23. The lowest BCUT2D eigenvalue weighted by Gasteiger charge is -2.20. The lowest BCUT2D eigenvalue weighted by molar-refractivity contribution is -0.121. The zero-order valence-corrected chi connectivity index (χ0v) is 9.02. The molecule has 0 saturated carbocycles. The van der Waals surface area contributed by atoms with Crippen LogP contribution in [0.1, 0.15) is 24.7 Å². The van der Waals surface area contributed by atoms with Crippen LogP contribution in [0.2, 0.25) is 0 Å². The van der Waals surface area contributed by atoms with Gasteiger partial charge in [0.05, 0.1) is 6.54 Å². The zero-order chi connectivity index (χ0) is 11.4. The number of hydrogen-bond donors (Lipinski definition) is 2. The highest BCUT2D eigenvalue weighted by Crippen LogP contribution is 2.11. The summed E-state index contributed by atoms with van der Waals surface area (Å²) in [5.74, 6) is 0.982. The fourth-order valence-corrected chi connectivity index (χ4v) is 1.40. The molecule has 7 nitrogen and oxygen atoms in total. The topological polar surface area (TPSA) is 89.3 Å². The molecule has 1 unspecified atom stereocenters. The number of piperazine rings is 1. The van der Waals surface area contributed by atoms with Gasteiger partial charge in [-0.15, -0.1) is 0 Å². The molecule has 0 aromatic carbocycles. The van der Waals surface area contributed by atoms with Crippen molar-refractivity contribution in [3.05, 3.63) is 11.7 Å². The summed E-state index contributed by atoms with van der Waals surface area (Å²) in [6.07, 6.45) is 0. The minimum absolute atomic E-state index is 0.0229. The Morgan fingerprint density at radius 1 is 1.62 bits per heavy atom. The van der Waals surface area contributed by atoms with Gasteiger partial charge in [0.15, 0.2) is 5.82 Å². The Bertz CT molecular complexity index is 355. The molecular weight excluding hydrogens is 212 g/mol. The van der Waals surface area contributed by atoms with Gasteiger partial charge < -0.3 is 14.6 Å². The average molecular weight is 226 g/mol. The van der Waals surface area contributed by atoms with Gasteiger partial charge in [-0.3, -0.25) is 10.1 Å². The Hall–Kier alpha value is -1.47. The van der Waals surface area contributed by atoms with Crippen LogP contribution in [0.4, 0.5) is 0 Å². The summed E-state index contributed by atoms with van der Waals surface area (Å²) in [7, 11) is 0. The van der Waals surface area contributed by atoms with Crippen LogP contribution in [0.15, 0.2) is 4.52 Å². The largest absolute Gasteiger partial charge is 0.374 e. The lowest BCUT2D eigenvalue weighted by atomic mass is 10.2. The molecule has 2 heterocycles. The quantitative estimate of drug-likeness (QED) is 0.710. The summed E-state index contributed by atoms with van der Waals surface area (Å²) in [5.41, 5.74) is 0. The van der Waals surface area contributed by atoms with E-state index in [0.29, 0.717) is 31.5 Å². The van der Waals surface area contributed by atoms with Gasteiger partial charge >= 0.3 is 0 Å². The van der Waals surface area contributed by atoms with Gasteiger partial charge in [-0.05, 0) is 6.92 Å². The van der Waals surface area contributed by atoms with Crippen LogP contribution in [0, 0.1) is 0 Å². The molecule has 0 spiro atoms. The summed E-state index contributed by atoms with van der Waals surface area (Å²) in [6.45, 7) is 3.60. The van der Waals surface area contributed by atoms with Crippen LogP contribution >= 0.6 is 0 Å². The number of carbonyl (C=O) groups is 1. The van der Waals surface area contributed by atoms with E-state index in [9.17, 15) is 4.79 Å². The molecule has 1 aromatic heterocycles. The van der Waals surface area contributed by atoms with Crippen molar-refractivity contribution in [1.29, 1.82) is 0 Å². The summed E-state index contributed by atoms with van der Waals surface area (Å²) < 4.78 is 10.2. The normalized spacial score (nSPS) is 20.8. The van der Waals surface area contributed by atoms with Gasteiger partial charge in [-0.1, -0.05) is 5.16 Å². The standard InChI is InChI=1S/C9H14N4O3/c1-2-15-5-7-12-9(16-13-7)6-3-11-8(14)4-10-6/h6,10H,2-5H2,1H3,(H,11,14). The van der Waals surface area contributed by atoms with Crippen LogP contribution in [-0.4, -0.2) is 35.7 Å². The van der Waals surface area contributed by atoms with Crippen LogP contribution in [-0.2, 0) is 16.1 Å². The fourth-order valence-electron chi connectivity index (χ4n) is 1.40. The number of rotatable bonds is 4. The molecule has 0 bridgehead atoms. The summed E-state index contributed by atoms with van der Waals surface area (Å²) in [5, 5.41) is 9.51. The fraction of sp³-hybridized carbons (Fsp3) is 0.667. The third-order valence-corrected chi connectivity index (χ3v) is 2.23. The zero-order valence-electron chi connectivity index (χ0n) is 9.02. The van der Waals surface area contributed by atoms with E-state index >= 15 is 0 Å². The number of ether oxygens (including phenoxy) is 1. The minimum atomic E-state index is -0.111.